The first-order chi connectivity index (χ1) is 1.00. The predicted molar refractivity (Wildman–Crippen MR) is 7.48 cm³/mol. The first-order valence-electron chi connectivity index (χ1n) is 0.200. The molecule has 2 nitrogen and oxygen atoms in total. The minimum atomic E-state index is 0. The zero-order chi connectivity index (χ0) is 2.00. The summed E-state index contributed by atoms with van der Waals surface area (Å²) < 4.78 is 0. The van der Waals surface area contributed by atoms with Crippen LogP contribution in [-0.4, -0.2) is 10.5 Å². The summed E-state index contributed by atoms with van der Waals surface area (Å²) in [6, 6.07) is 0. The maximum Gasteiger partial charge on any atom is 1.00 e. The molecule has 0 atom stereocenters. The molecule has 5 heavy (non-hydrogen) atoms. The van der Waals surface area contributed by atoms with Gasteiger partial charge in [-0.2, -0.15) is 0 Å². The molecular formula is H4Li2NiO2. The fourth-order valence-corrected chi connectivity index (χ4v) is 0. The second-order valence-electron chi connectivity index (χ2n) is 0. The molecule has 0 aromatic rings. The van der Waals surface area contributed by atoms with Crippen LogP contribution in [0.5, 0.6) is 0 Å². The van der Waals surface area contributed by atoms with Crippen molar-refractivity contribution >= 4 is 0 Å². The first-order valence-corrected chi connectivity index (χ1v) is 0.200. The molecule has 0 amide bonds. The van der Waals surface area contributed by atoms with E-state index in [0.717, 1.165) is 0 Å². The molecular weight excluding hydrogens is 105 g/mol. The van der Waals surface area contributed by atoms with Crippen LogP contribution in [0.25, 0.3) is 0 Å². The van der Waals surface area contributed by atoms with E-state index in [1.165, 1.54) is 0 Å². The van der Waals surface area contributed by atoms with Gasteiger partial charge in [-0.1, -0.05) is 0 Å². The Kier molecular flexibility index (Phi) is 281. The van der Waals surface area contributed by atoms with Crippen molar-refractivity contribution < 1.29 is 67.6 Å². The Morgan fingerprint density at radius 1 is 1.00 bits per heavy atom. The summed E-state index contributed by atoms with van der Waals surface area (Å²) in [5.74, 6) is 0. The van der Waals surface area contributed by atoms with Crippen molar-refractivity contribution in [2.75, 3.05) is 0 Å². The maximum atomic E-state index is 6.00. The van der Waals surface area contributed by atoms with Gasteiger partial charge in [-0.25, -0.2) is 0 Å². The van der Waals surface area contributed by atoms with Crippen LogP contribution in [0, 0.1) is 0 Å². The molecule has 0 aromatic heterocycles. The molecule has 0 radical (unpaired) electrons. The van der Waals surface area contributed by atoms with Gasteiger partial charge in [0.1, 0.15) is 0 Å². The summed E-state index contributed by atoms with van der Waals surface area (Å²) in [5, 5.41) is 12.0. The fourth-order valence-electron chi connectivity index (χ4n) is 0. The van der Waals surface area contributed by atoms with E-state index in [-0.39, 0.29) is 57.1 Å². The smallest absolute Gasteiger partial charge is 1.00 e. The molecule has 0 aliphatic heterocycles. The van der Waals surface area contributed by atoms with Crippen LogP contribution in [-0.2, 0) is 16.5 Å². The van der Waals surface area contributed by atoms with Gasteiger partial charge in [0.25, 0.3) is 0 Å². The predicted octanol–water partition coefficient (Wildman–Crippen LogP) is -5.75. The fraction of sp³-hybridized carbons (Fsp3) is 0. The van der Waals surface area contributed by atoms with Gasteiger partial charge in [-0.05, 0) is 0 Å². The summed E-state index contributed by atoms with van der Waals surface area (Å²) in [5.41, 5.74) is 0. The van der Waals surface area contributed by atoms with E-state index in [9.17, 15) is 0 Å². The Morgan fingerprint density at radius 3 is 1.00 bits per heavy atom. The van der Waals surface area contributed by atoms with Crippen molar-refractivity contribution in [2.45, 2.75) is 0 Å². The van der Waals surface area contributed by atoms with Gasteiger partial charge in [0.05, 0.1) is 0 Å². The maximum absolute atomic E-state index is 6.00. The SMILES string of the molecule is OO.[H-].[H-].[Li+].[Li+].[Ni]. The molecule has 0 aromatic carbocycles. The quantitative estimate of drug-likeness (QED) is 0.185. The summed E-state index contributed by atoms with van der Waals surface area (Å²) in [6.07, 6.45) is 0. The zero-order valence-corrected chi connectivity index (χ0v) is 4.20. The van der Waals surface area contributed by atoms with Crippen LogP contribution >= 0.6 is 0 Å². The van der Waals surface area contributed by atoms with E-state index in [1.54, 1.807) is 0 Å². The van der Waals surface area contributed by atoms with Gasteiger partial charge in [-0.15, -0.1) is 0 Å². The Bertz CT molecular complexity index is 13.7. The minimum Gasteiger partial charge on any atom is -1.00 e. The summed E-state index contributed by atoms with van der Waals surface area (Å²) in [6.45, 7) is 0. The molecule has 0 saturated heterocycles. The van der Waals surface area contributed by atoms with E-state index >= 15 is 0 Å². The van der Waals surface area contributed by atoms with Crippen LogP contribution in [0.2, 0.25) is 0 Å². The molecule has 0 aliphatic carbocycles. The average molecular weight is 109 g/mol. The molecule has 0 heterocycles. The Morgan fingerprint density at radius 2 is 1.00 bits per heavy atom. The third kappa shape index (κ3) is 28.2. The van der Waals surface area contributed by atoms with Gasteiger partial charge in [0.15, 0.2) is 0 Å². The van der Waals surface area contributed by atoms with Crippen LogP contribution in [0.15, 0.2) is 0 Å². The van der Waals surface area contributed by atoms with E-state index in [1.807, 2.05) is 0 Å². The third-order valence-electron chi connectivity index (χ3n) is 0. The van der Waals surface area contributed by atoms with Crippen molar-refractivity contribution in [3.8, 4) is 0 Å². The zero-order valence-electron chi connectivity index (χ0n) is 5.21. The normalized spacial score (nSPS) is 1.20. The molecule has 5 heteroatoms. The topological polar surface area (TPSA) is 40.5 Å². The van der Waals surface area contributed by atoms with Crippen LogP contribution in [0.4, 0.5) is 0 Å². The number of hydrogen-bond donors (Lipinski definition) is 2. The van der Waals surface area contributed by atoms with Crippen molar-refractivity contribution in [1.82, 2.24) is 0 Å². The molecule has 0 aliphatic rings. The third-order valence-corrected chi connectivity index (χ3v) is 0. The van der Waals surface area contributed by atoms with Crippen molar-refractivity contribution in [3.05, 3.63) is 0 Å². The Hall–Kier alpha value is 1.61. The monoisotopic (exact) mass is 108 g/mol. The first kappa shape index (κ1) is 30.6. The minimum absolute atomic E-state index is 0. The van der Waals surface area contributed by atoms with E-state index in [0.29, 0.717) is 0 Å². The summed E-state index contributed by atoms with van der Waals surface area (Å²) in [7, 11) is 0. The van der Waals surface area contributed by atoms with Gasteiger partial charge in [-0.3, -0.25) is 10.5 Å². The van der Waals surface area contributed by atoms with Gasteiger partial charge in [0.2, 0.25) is 0 Å². The van der Waals surface area contributed by atoms with Crippen LogP contribution in [0.1, 0.15) is 2.85 Å². The molecule has 0 bridgehead atoms. The van der Waals surface area contributed by atoms with E-state index < -0.39 is 0 Å². The molecule has 0 saturated carbocycles. The van der Waals surface area contributed by atoms with Crippen molar-refractivity contribution in [1.29, 1.82) is 0 Å². The van der Waals surface area contributed by atoms with Crippen LogP contribution < -0.4 is 37.7 Å². The van der Waals surface area contributed by atoms with Crippen molar-refractivity contribution in [2.24, 2.45) is 0 Å². The summed E-state index contributed by atoms with van der Waals surface area (Å²) in [4.78, 5) is 0. The largest absolute Gasteiger partial charge is 1.00 e. The molecule has 0 unspecified atom stereocenters. The second-order valence-corrected chi connectivity index (χ2v) is 0. The molecule has 28 valence electrons. The molecule has 0 spiro atoms. The molecule has 0 rings (SSSR count). The van der Waals surface area contributed by atoms with Gasteiger partial charge >= 0.3 is 37.7 Å². The number of rotatable bonds is 0. The summed E-state index contributed by atoms with van der Waals surface area (Å²) >= 11 is 0. The van der Waals surface area contributed by atoms with E-state index in [4.69, 9.17) is 10.5 Å². The van der Waals surface area contributed by atoms with Gasteiger partial charge in [0, 0.05) is 16.5 Å². The second kappa shape index (κ2) is 46.0. The van der Waals surface area contributed by atoms with Crippen molar-refractivity contribution in [3.63, 3.8) is 0 Å². The molecule has 2 N–H and O–H groups in total. The van der Waals surface area contributed by atoms with Gasteiger partial charge < -0.3 is 2.85 Å². The Labute approximate surface area is 67.5 Å². The number of hydrogen-bond acceptors (Lipinski definition) is 2. The Balaban J connectivity index is -0.000000000500. The van der Waals surface area contributed by atoms with Crippen LogP contribution in [0.3, 0.4) is 0 Å². The standard InChI is InChI=1S/2Li.Ni.H2O2.2H/c;;;1-2;;/h;;;1-2H;;/q2*+1;;;2*-1. The average Bonchev–Trinajstić information content (AvgIpc) is 1.00. The van der Waals surface area contributed by atoms with E-state index in [2.05, 4.69) is 0 Å². The molecule has 0 fully saturated rings.